The molecule has 1 aliphatic carbocycles. The number of anilines is 1. The molecule has 1 atom stereocenters. The van der Waals surface area contributed by atoms with Gasteiger partial charge in [0.1, 0.15) is 0 Å². The Labute approximate surface area is 108 Å². The lowest BCUT2D eigenvalue weighted by Crippen LogP contribution is -2.35. The standard InChI is InChI=1S/C14H21N3O/c15-9-13(10-3-1-2-4-10)17-12-7-5-11(6-8-12)14(16)18/h5-8,10,13,17H,1-4,9,15H2,(H2,16,18). The highest BCUT2D eigenvalue weighted by molar-refractivity contribution is 5.93. The smallest absolute Gasteiger partial charge is 0.248 e. The molecule has 2 rings (SSSR count). The molecular weight excluding hydrogens is 226 g/mol. The zero-order chi connectivity index (χ0) is 13.0. The molecule has 0 spiro atoms. The van der Waals surface area contributed by atoms with E-state index in [1.165, 1.54) is 25.7 Å². The quantitative estimate of drug-likeness (QED) is 0.741. The van der Waals surface area contributed by atoms with Gasteiger partial charge in [-0.3, -0.25) is 4.79 Å². The molecule has 0 aliphatic heterocycles. The maximum atomic E-state index is 11.0. The third-order valence-electron chi connectivity index (χ3n) is 3.74. The minimum absolute atomic E-state index is 0.326. The second-order valence-corrected chi connectivity index (χ2v) is 4.97. The Bertz CT molecular complexity index is 396. The van der Waals surface area contributed by atoms with Gasteiger partial charge in [0, 0.05) is 23.8 Å². The van der Waals surface area contributed by atoms with Gasteiger partial charge in [0.2, 0.25) is 5.91 Å². The summed E-state index contributed by atoms with van der Waals surface area (Å²) in [6.45, 7) is 0.641. The molecular formula is C14H21N3O. The first kappa shape index (κ1) is 12.9. The van der Waals surface area contributed by atoms with Gasteiger partial charge in [0.05, 0.1) is 0 Å². The maximum Gasteiger partial charge on any atom is 0.248 e. The summed E-state index contributed by atoms with van der Waals surface area (Å²) in [5.41, 5.74) is 12.6. The number of nitrogens with one attached hydrogen (secondary N) is 1. The van der Waals surface area contributed by atoms with Gasteiger partial charge in [0.25, 0.3) is 0 Å². The van der Waals surface area contributed by atoms with Gasteiger partial charge in [-0.25, -0.2) is 0 Å². The predicted octanol–water partition coefficient (Wildman–Crippen LogP) is 1.71. The minimum Gasteiger partial charge on any atom is -0.381 e. The highest BCUT2D eigenvalue weighted by Gasteiger charge is 2.23. The molecule has 1 aromatic rings. The lowest BCUT2D eigenvalue weighted by molar-refractivity contribution is 0.100. The zero-order valence-corrected chi connectivity index (χ0v) is 10.6. The Morgan fingerprint density at radius 2 is 1.89 bits per heavy atom. The lowest BCUT2D eigenvalue weighted by Gasteiger charge is -2.24. The highest BCUT2D eigenvalue weighted by atomic mass is 16.1. The van der Waals surface area contributed by atoms with E-state index in [2.05, 4.69) is 5.32 Å². The second-order valence-electron chi connectivity index (χ2n) is 4.97. The maximum absolute atomic E-state index is 11.0. The van der Waals surface area contributed by atoms with Gasteiger partial charge < -0.3 is 16.8 Å². The van der Waals surface area contributed by atoms with E-state index < -0.39 is 5.91 Å². The number of hydrogen-bond donors (Lipinski definition) is 3. The van der Waals surface area contributed by atoms with Crippen molar-refractivity contribution in [2.24, 2.45) is 17.4 Å². The van der Waals surface area contributed by atoms with Gasteiger partial charge in [-0.15, -0.1) is 0 Å². The summed E-state index contributed by atoms with van der Waals surface area (Å²) in [6, 6.07) is 7.58. The third kappa shape index (κ3) is 3.01. The molecule has 1 fully saturated rings. The monoisotopic (exact) mass is 247 g/mol. The highest BCUT2D eigenvalue weighted by Crippen LogP contribution is 2.29. The fourth-order valence-electron chi connectivity index (χ4n) is 2.67. The molecule has 18 heavy (non-hydrogen) atoms. The number of hydrogen-bond acceptors (Lipinski definition) is 3. The van der Waals surface area contributed by atoms with Crippen LogP contribution in [-0.4, -0.2) is 18.5 Å². The molecule has 0 bridgehead atoms. The number of benzene rings is 1. The molecule has 98 valence electrons. The summed E-state index contributed by atoms with van der Waals surface area (Å²) in [7, 11) is 0. The molecule has 1 amide bonds. The van der Waals surface area contributed by atoms with E-state index in [0.29, 0.717) is 24.1 Å². The van der Waals surface area contributed by atoms with Gasteiger partial charge >= 0.3 is 0 Å². The van der Waals surface area contributed by atoms with Crippen LogP contribution in [-0.2, 0) is 0 Å². The van der Waals surface area contributed by atoms with E-state index in [1.54, 1.807) is 12.1 Å². The van der Waals surface area contributed by atoms with Crippen LogP contribution in [0.3, 0.4) is 0 Å². The SMILES string of the molecule is NCC(Nc1ccc(C(N)=O)cc1)C1CCCC1. The topological polar surface area (TPSA) is 81.1 Å². The molecule has 1 saturated carbocycles. The van der Waals surface area contributed by atoms with Crippen LogP contribution in [0, 0.1) is 5.92 Å². The molecule has 0 aromatic heterocycles. The van der Waals surface area contributed by atoms with E-state index in [-0.39, 0.29) is 0 Å². The van der Waals surface area contributed by atoms with Crippen LogP contribution in [0.5, 0.6) is 0 Å². The van der Waals surface area contributed by atoms with E-state index in [4.69, 9.17) is 11.5 Å². The average molecular weight is 247 g/mol. The van der Waals surface area contributed by atoms with E-state index in [1.807, 2.05) is 12.1 Å². The number of nitrogens with two attached hydrogens (primary N) is 2. The van der Waals surface area contributed by atoms with Crippen LogP contribution in [0.1, 0.15) is 36.0 Å². The van der Waals surface area contributed by atoms with Crippen molar-refractivity contribution in [2.45, 2.75) is 31.7 Å². The Morgan fingerprint density at radius 3 is 2.39 bits per heavy atom. The fourth-order valence-corrected chi connectivity index (χ4v) is 2.67. The molecule has 1 aromatic carbocycles. The normalized spacial score (nSPS) is 17.6. The average Bonchev–Trinajstić information content (AvgIpc) is 2.90. The summed E-state index contributed by atoms with van der Waals surface area (Å²) in [4.78, 5) is 11.0. The molecule has 0 heterocycles. The Balaban J connectivity index is 2.00. The number of amides is 1. The summed E-state index contributed by atoms with van der Waals surface area (Å²) >= 11 is 0. The lowest BCUT2D eigenvalue weighted by atomic mass is 9.98. The van der Waals surface area contributed by atoms with Crippen LogP contribution in [0.25, 0.3) is 0 Å². The van der Waals surface area contributed by atoms with Crippen molar-refractivity contribution < 1.29 is 4.79 Å². The summed E-state index contributed by atoms with van der Waals surface area (Å²) in [6.07, 6.45) is 5.13. The number of rotatable bonds is 5. The van der Waals surface area contributed by atoms with Gasteiger partial charge in [0.15, 0.2) is 0 Å². The molecule has 5 N–H and O–H groups in total. The Hall–Kier alpha value is -1.55. The molecule has 1 aliphatic rings. The first-order valence-corrected chi connectivity index (χ1v) is 6.57. The summed E-state index contributed by atoms with van der Waals surface area (Å²) in [5, 5.41) is 3.46. The second kappa shape index (κ2) is 5.87. The molecule has 0 radical (unpaired) electrons. The Morgan fingerprint density at radius 1 is 1.28 bits per heavy atom. The van der Waals surface area contributed by atoms with Crippen LogP contribution in [0.2, 0.25) is 0 Å². The summed E-state index contributed by atoms with van der Waals surface area (Å²) < 4.78 is 0. The van der Waals surface area contributed by atoms with Gasteiger partial charge in [-0.1, -0.05) is 12.8 Å². The van der Waals surface area contributed by atoms with Crippen molar-refractivity contribution >= 4 is 11.6 Å². The van der Waals surface area contributed by atoms with Crippen molar-refractivity contribution in [2.75, 3.05) is 11.9 Å². The van der Waals surface area contributed by atoms with Crippen molar-refractivity contribution in [3.8, 4) is 0 Å². The van der Waals surface area contributed by atoms with Crippen molar-refractivity contribution in [1.29, 1.82) is 0 Å². The number of carbonyl (C=O) groups excluding carboxylic acids is 1. The van der Waals surface area contributed by atoms with E-state index >= 15 is 0 Å². The van der Waals surface area contributed by atoms with E-state index in [0.717, 1.165) is 5.69 Å². The fraction of sp³-hybridized carbons (Fsp3) is 0.500. The Kier molecular flexibility index (Phi) is 4.20. The molecule has 0 saturated heterocycles. The largest absolute Gasteiger partial charge is 0.381 e. The van der Waals surface area contributed by atoms with E-state index in [9.17, 15) is 4.79 Å². The van der Waals surface area contributed by atoms with Crippen LogP contribution in [0.4, 0.5) is 5.69 Å². The zero-order valence-electron chi connectivity index (χ0n) is 10.6. The van der Waals surface area contributed by atoms with Crippen molar-refractivity contribution in [1.82, 2.24) is 0 Å². The minimum atomic E-state index is -0.396. The number of carbonyl (C=O) groups is 1. The van der Waals surface area contributed by atoms with Crippen LogP contribution >= 0.6 is 0 Å². The van der Waals surface area contributed by atoms with Gasteiger partial charge in [-0.05, 0) is 43.0 Å². The number of primary amides is 1. The van der Waals surface area contributed by atoms with Gasteiger partial charge in [-0.2, -0.15) is 0 Å². The van der Waals surface area contributed by atoms with Crippen molar-refractivity contribution in [3.05, 3.63) is 29.8 Å². The van der Waals surface area contributed by atoms with Crippen LogP contribution < -0.4 is 16.8 Å². The first-order valence-electron chi connectivity index (χ1n) is 6.57. The summed E-state index contributed by atoms with van der Waals surface area (Å²) in [5.74, 6) is 0.276. The molecule has 4 nitrogen and oxygen atoms in total. The van der Waals surface area contributed by atoms with Crippen LogP contribution in [0.15, 0.2) is 24.3 Å². The first-order chi connectivity index (χ1) is 8.70. The third-order valence-corrected chi connectivity index (χ3v) is 3.74. The predicted molar refractivity (Wildman–Crippen MR) is 73.4 cm³/mol. The van der Waals surface area contributed by atoms with Crippen molar-refractivity contribution in [3.63, 3.8) is 0 Å². The molecule has 1 unspecified atom stereocenters. The molecule has 4 heteroatoms.